The molecule has 0 aliphatic rings. The van der Waals surface area contributed by atoms with Crippen LogP contribution in [-0.2, 0) is 0 Å². The van der Waals surface area contributed by atoms with Crippen molar-refractivity contribution in [3.05, 3.63) is 0 Å². The molecule has 0 rings (SSSR count). The van der Waals surface area contributed by atoms with Gasteiger partial charge in [0.05, 0.1) is 19.6 Å². The molecular weight excluding hydrogens is 218 g/mol. The summed E-state index contributed by atoms with van der Waals surface area (Å²) in [6.45, 7) is 7.03. The van der Waals surface area contributed by atoms with Gasteiger partial charge >= 0.3 is 0 Å². The summed E-state index contributed by atoms with van der Waals surface area (Å²) in [5.74, 6) is 0. The second-order valence-electron chi connectivity index (χ2n) is 5.76. The Bertz CT molecular complexity index is 144. The molecule has 0 amide bonds. The Labute approximate surface area is 109 Å². The summed E-state index contributed by atoms with van der Waals surface area (Å²) in [7, 11) is 4.53. The Morgan fingerprint density at radius 1 is 0.812 bits per heavy atom. The number of unbranched alkanes of at least 4 members (excludes halogenated alkanes) is 6. The summed E-state index contributed by atoms with van der Waals surface area (Å²) in [6.07, 6.45) is 11.3. The fourth-order valence-corrected chi connectivity index (χ4v) is 1.77. The zero-order valence-corrected chi connectivity index (χ0v) is 12.8. The summed E-state index contributed by atoms with van der Waals surface area (Å²) < 4.78 is 0. The third-order valence-corrected chi connectivity index (χ3v) is 3.76. The van der Waals surface area contributed by atoms with Gasteiger partial charge in [0, 0.05) is 6.42 Å². The second-order valence-corrected chi connectivity index (χ2v) is 5.76. The Morgan fingerprint density at radius 3 is 1.69 bits per heavy atom. The molecule has 100 valence electrons. The van der Waals surface area contributed by atoms with Crippen molar-refractivity contribution >= 4 is 0 Å². The highest BCUT2D eigenvalue weighted by molar-refractivity contribution is 4.64. The van der Waals surface area contributed by atoms with Crippen LogP contribution in [0.3, 0.4) is 0 Å². The number of nitrogens with one attached hydrogen (secondary N) is 1. The van der Waals surface area contributed by atoms with E-state index < -0.39 is 0 Å². The van der Waals surface area contributed by atoms with Crippen molar-refractivity contribution in [3.8, 4) is 0 Å². The molecule has 0 spiro atoms. The van der Waals surface area contributed by atoms with Crippen molar-refractivity contribution in [2.75, 3.05) is 14.1 Å². The van der Waals surface area contributed by atoms with E-state index in [1.54, 1.807) is 4.90 Å². The highest BCUT2D eigenvalue weighted by Crippen LogP contribution is 2.13. The van der Waals surface area contributed by atoms with Crippen molar-refractivity contribution < 1.29 is 17.3 Å². The molecular formula is C14H32ClN. The lowest BCUT2D eigenvalue weighted by Crippen LogP contribution is -3.14. The van der Waals surface area contributed by atoms with E-state index in [1.807, 2.05) is 0 Å². The lowest BCUT2D eigenvalue weighted by molar-refractivity contribution is -0.911. The molecule has 0 fully saturated rings. The molecule has 16 heavy (non-hydrogen) atoms. The summed E-state index contributed by atoms with van der Waals surface area (Å²) in [5, 5.41) is 0. The fraction of sp³-hybridized carbons (Fsp3) is 1.00. The van der Waals surface area contributed by atoms with Crippen molar-refractivity contribution in [3.63, 3.8) is 0 Å². The molecule has 1 nitrogen and oxygen atoms in total. The first-order valence-corrected chi connectivity index (χ1v) is 6.81. The predicted molar refractivity (Wildman–Crippen MR) is 69.5 cm³/mol. The van der Waals surface area contributed by atoms with Gasteiger partial charge in [-0.25, -0.2) is 0 Å². The van der Waals surface area contributed by atoms with Crippen LogP contribution in [0.4, 0.5) is 0 Å². The maximum Gasteiger partial charge on any atom is 0.0915 e. The summed E-state index contributed by atoms with van der Waals surface area (Å²) in [4.78, 5) is 1.58. The smallest absolute Gasteiger partial charge is 0.0915 e. The first-order chi connectivity index (χ1) is 7.00. The summed E-state index contributed by atoms with van der Waals surface area (Å²) in [5.41, 5.74) is 0.462. The topological polar surface area (TPSA) is 4.44 Å². The average Bonchev–Trinajstić information content (AvgIpc) is 2.16. The normalized spacial score (nSPS) is 11.6. The van der Waals surface area contributed by atoms with Crippen LogP contribution in [0, 0.1) is 0 Å². The highest BCUT2D eigenvalue weighted by atomic mass is 35.5. The molecule has 0 aromatic rings. The summed E-state index contributed by atoms with van der Waals surface area (Å²) >= 11 is 0. The fourth-order valence-electron chi connectivity index (χ4n) is 1.77. The molecule has 0 bridgehead atoms. The van der Waals surface area contributed by atoms with Gasteiger partial charge in [0.2, 0.25) is 0 Å². The maximum atomic E-state index is 2.37. The van der Waals surface area contributed by atoms with Crippen LogP contribution in [0.25, 0.3) is 0 Å². The number of quaternary nitrogens is 1. The van der Waals surface area contributed by atoms with Gasteiger partial charge in [-0.1, -0.05) is 45.4 Å². The summed E-state index contributed by atoms with van der Waals surface area (Å²) in [6, 6.07) is 0. The molecule has 1 N–H and O–H groups in total. The molecule has 0 aliphatic carbocycles. The zero-order chi connectivity index (χ0) is 11.7. The number of rotatable bonds is 9. The quantitative estimate of drug-likeness (QED) is 0.551. The van der Waals surface area contributed by atoms with Crippen molar-refractivity contribution in [2.24, 2.45) is 0 Å². The van der Waals surface area contributed by atoms with Gasteiger partial charge in [0.25, 0.3) is 0 Å². The first kappa shape index (κ1) is 18.6. The van der Waals surface area contributed by atoms with E-state index in [4.69, 9.17) is 0 Å². The minimum absolute atomic E-state index is 0. The lowest BCUT2D eigenvalue weighted by atomic mass is 9.95. The van der Waals surface area contributed by atoms with Crippen molar-refractivity contribution in [1.29, 1.82) is 0 Å². The minimum atomic E-state index is 0. The van der Waals surface area contributed by atoms with Gasteiger partial charge in [-0.05, 0) is 20.3 Å². The standard InChI is InChI=1S/C14H31N.ClH/c1-6-7-8-9-10-11-12-13-14(2,3)15(4)5;/h6-13H2,1-5H3;1H. The monoisotopic (exact) mass is 249 g/mol. The molecule has 0 aliphatic heterocycles. The minimum Gasteiger partial charge on any atom is -1.00 e. The van der Waals surface area contributed by atoms with E-state index in [2.05, 4.69) is 34.9 Å². The third kappa shape index (κ3) is 9.47. The second kappa shape index (κ2) is 10.4. The molecule has 0 heterocycles. The van der Waals surface area contributed by atoms with Crippen LogP contribution in [0.15, 0.2) is 0 Å². The van der Waals surface area contributed by atoms with Gasteiger partial charge in [-0.3, -0.25) is 0 Å². The van der Waals surface area contributed by atoms with Crippen LogP contribution in [0.1, 0.15) is 72.1 Å². The van der Waals surface area contributed by atoms with Crippen LogP contribution in [0.5, 0.6) is 0 Å². The van der Waals surface area contributed by atoms with E-state index in [9.17, 15) is 0 Å². The highest BCUT2D eigenvalue weighted by Gasteiger charge is 2.23. The zero-order valence-electron chi connectivity index (χ0n) is 12.0. The SMILES string of the molecule is CCCCCCCCCC(C)(C)[NH+](C)C.[Cl-]. The lowest BCUT2D eigenvalue weighted by Gasteiger charge is -2.29. The number of hydrogen-bond donors (Lipinski definition) is 1. The third-order valence-electron chi connectivity index (χ3n) is 3.76. The van der Waals surface area contributed by atoms with Gasteiger partial charge in [-0.2, -0.15) is 0 Å². The Hall–Kier alpha value is 0.250. The van der Waals surface area contributed by atoms with E-state index in [0.717, 1.165) is 0 Å². The Morgan fingerprint density at radius 2 is 1.25 bits per heavy atom. The van der Waals surface area contributed by atoms with Crippen LogP contribution in [0.2, 0.25) is 0 Å². The van der Waals surface area contributed by atoms with Crippen molar-refractivity contribution in [1.82, 2.24) is 0 Å². The first-order valence-electron chi connectivity index (χ1n) is 6.81. The largest absolute Gasteiger partial charge is 1.00 e. The molecule has 2 heteroatoms. The van der Waals surface area contributed by atoms with Gasteiger partial charge in [-0.15, -0.1) is 0 Å². The molecule has 0 radical (unpaired) electrons. The molecule has 0 atom stereocenters. The van der Waals surface area contributed by atoms with E-state index in [-0.39, 0.29) is 12.4 Å². The molecule has 0 saturated heterocycles. The average molecular weight is 250 g/mol. The Balaban J connectivity index is 0. The van der Waals surface area contributed by atoms with E-state index >= 15 is 0 Å². The van der Waals surface area contributed by atoms with E-state index in [1.165, 1.54) is 51.4 Å². The van der Waals surface area contributed by atoms with Gasteiger partial charge < -0.3 is 17.3 Å². The van der Waals surface area contributed by atoms with Crippen LogP contribution in [-0.4, -0.2) is 19.6 Å². The molecule has 0 saturated carbocycles. The van der Waals surface area contributed by atoms with Gasteiger partial charge in [0.1, 0.15) is 0 Å². The number of hydrogen-bond acceptors (Lipinski definition) is 0. The predicted octanol–water partition coefficient (Wildman–Crippen LogP) is 0.0542. The maximum absolute atomic E-state index is 2.37. The van der Waals surface area contributed by atoms with Crippen molar-refractivity contribution in [2.45, 2.75) is 77.7 Å². The molecule has 0 aromatic heterocycles. The Kier molecular flexibility index (Phi) is 12.1. The van der Waals surface area contributed by atoms with Gasteiger partial charge in [0.15, 0.2) is 0 Å². The van der Waals surface area contributed by atoms with E-state index in [0.29, 0.717) is 5.54 Å². The number of halogens is 1. The molecule has 0 aromatic carbocycles. The van der Waals surface area contributed by atoms with Crippen LogP contribution >= 0.6 is 0 Å². The molecule has 0 unspecified atom stereocenters. The van der Waals surface area contributed by atoms with Crippen LogP contribution < -0.4 is 17.3 Å².